The Morgan fingerprint density at radius 3 is 1.62 bits per heavy atom. The van der Waals surface area contributed by atoms with Gasteiger partial charge in [0.1, 0.15) is 0 Å². The van der Waals surface area contributed by atoms with Crippen LogP contribution in [-0.2, 0) is 13.1 Å². The van der Waals surface area contributed by atoms with Crippen molar-refractivity contribution < 1.29 is 18.3 Å². The summed E-state index contributed by atoms with van der Waals surface area (Å²) in [6.07, 6.45) is -6.76. The van der Waals surface area contributed by atoms with Crippen LogP contribution in [0.25, 0.3) is 0 Å². The Balaban J connectivity index is 2.33. The lowest BCUT2D eigenvalue weighted by atomic mass is 9.96. The van der Waals surface area contributed by atoms with Gasteiger partial charge >= 0.3 is 6.18 Å². The molecule has 0 aliphatic rings. The monoisotopic (exact) mass is 365 g/mol. The number of hydrogen-bond donors (Lipinski definition) is 1. The number of alkyl halides is 3. The first-order chi connectivity index (χ1) is 12.3. The lowest BCUT2D eigenvalue weighted by Crippen LogP contribution is -2.50. The van der Waals surface area contributed by atoms with E-state index in [1.165, 1.54) is 0 Å². The molecule has 0 unspecified atom stereocenters. The summed E-state index contributed by atoms with van der Waals surface area (Å²) >= 11 is 0. The average Bonchev–Trinajstić information content (AvgIpc) is 2.59. The first kappa shape index (κ1) is 20.5. The van der Waals surface area contributed by atoms with Crippen LogP contribution in [0.15, 0.2) is 60.7 Å². The van der Waals surface area contributed by atoms with Crippen molar-refractivity contribution in [1.82, 2.24) is 4.90 Å². The van der Waals surface area contributed by atoms with E-state index in [4.69, 9.17) is 0 Å². The predicted molar refractivity (Wildman–Crippen MR) is 97.4 cm³/mol. The molecule has 0 aliphatic carbocycles. The molecular formula is C21H26F3NO. The zero-order valence-corrected chi connectivity index (χ0v) is 15.2. The van der Waals surface area contributed by atoms with Gasteiger partial charge < -0.3 is 5.11 Å². The first-order valence-electron chi connectivity index (χ1n) is 8.84. The molecule has 2 nitrogen and oxygen atoms in total. The summed E-state index contributed by atoms with van der Waals surface area (Å²) in [6, 6.07) is 17.8. The first-order valence-corrected chi connectivity index (χ1v) is 8.84. The van der Waals surface area contributed by atoms with Crippen molar-refractivity contribution in [2.45, 2.75) is 51.7 Å². The van der Waals surface area contributed by atoms with Crippen LogP contribution >= 0.6 is 0 Å². The summed E-state index contributed by atoms with van der Waals surface area (Å²) in [5.74, 6) is 0.0334. The lowest BCUT2D eigenvalue weighted by Gasteiger charge is -2.37. The van der Waals surface area contributed by atoms with Crippen LogP contribution in [0.4, 0.5) is 13.2 Å². The maximum absolute atomic E-state index is 13.3. The van der Waals surface area contributed by atoms with E-state index in [2.05, 4.69) is 0 Å². The number of halogens is 3. The van der Waals surface area contributed by atoms with Crippen LogP contribution in [0.1, 0.15) is 31.4 Å². The van der Waals surface area contributed by atoms with Crippen LogP contribution in [0.5, 0.6) is 0 Å². The van der Waals surface area contributed by atoms with Crippen molar-refractivity contribution in [2.24, 2.45) is 5.92 Å². The molecule has 0 heterocycles. The van der Waals surface area contributed by atoms with Crippen LogP contribution in [0.2, 0.25) is 0 Å². The van der Waals surface area contributed by atoms with E-state index in [9.17, 15) is 18.3 Å². The van der Waals surface area contributed by atoms with Crippen molar-refractivity contribution in [3.05, 3.63) is 71.8 Å². The highest BCUT2D eigenvalue weighted by molar-refractivity contribution is 5.17. The third kappa shape index (κ3) is 6.15. The van der Waals surface area contributed by atoms with Gasteiger partial charge in [-0.05, 0) is 23.5 Å². The van der Waals surface area contributed by atoms with E-state index in [-0.39, 0.29) is 12.3 Å². The molecule has 1 N–H and O–H groups in total. The van der Waals surface area contributed by atoms with Crippen LogP contribution in [0, 0.1) is 5.92 Å². The van der Waals surface area contributed by atoms with Crippen molar-refractivity contribution in [3.63, 3.8) is 0 Å². The van der Waals surface area contributed by atoms with E-state index in [0.29, 0.717) is 13.1 Å². The van der Waals surface area contributed by atoms with Crippen LogP contribution in [0.3, 0.4) is 0 Å². The molecule has 0 saturated carbocycles. The van der Waals surface area contributed by atoms with Crippen molar-refractivity contribution >= 4 is 0 Å². The number of benzene rings is 2. The normalized spacial score (nSPS) is 14.6. The Kier molecular flexibility index (Phi) is 7.23. The topological polar surface area (TPSA) is 23.5 Å². The average molecular weight is 365 g/mol. The summed E-state index contributed by atoms with van der Waals surface area (Å²) in [4.78, 5) is 1.74. The van der Waals surface area contributed by atoms with Gasteiger partial charge in [-0.25, -0.2) is 0 Å². The molecule has 5 heteroatoms. The Hall–Kier alpha value is -1.85. The van der Waals surface area contributed by atoms with E-state index < -0.39 is 18.3 Å². The standard InChI is InChI=1S/C21H26F3NO/c1-16(2)13-19(20(26)21(22,23)24)25(14-17-9-5-3-6-10-17)15-18-11-7-4-8-12-18/h3-12,16,19-20,26H,13-15H2,1-2H3/t19-,20-/m0/s1. The fraction of sp³-hybridized carbons (Fsp3) is 0.429. The molecular weight excluding hydrogens is 339 g/mol. The van der Waals surface area contributed by atoms with E-state index >= 15 is 0 Å². The molecule has 0 amide bonds. The Morgan fingerprint density at radius 2 is 1.27 bits per heavy atom. The Labute approximate surface area is 153 Å². The Bertz CT molecular complexity index is 602. The summed E-state index contributed by atoms with van der Waals surface area (Å²) in [6.45, 7) is 4.44. The highest BCUT2D eigenvalue weighted by Gasteiger charge is 2.45. The van der Waals surface area contributed by atoms with Gasteiger partial charge in [0.15, 0.2) is 6.10 Å². The molecule has 0 spiro atoms. The fourth-order valence-corrected chi connectivity index (χ4v) is 3.11. The number of hydrogen-bond acceptors (Lipinski definition) is 2. The molecule has 0 bridgehead atoms. The van der Waals surface area contributed by atoms with Crippen LogP contribution in [-0.4, -0.2) is 28.3 Å². The second-order valence-electron chi connectivity index (χ2n) is 7.06. The second kappa shape index (κ2) is 9.19. The molecule has 2 rings (SSSR count). The molecule has 0 aliphatic heterocycles. The number of nitrogens with zero attached hydrogens (tertiary/aromatic N) is 1. The summed E-state index contributed by atoms with van der Waals surface area (Å²) in [7, 11) is 0. The van der Waals surface area contributed by atoms with E-state index in [1.54, 1.807) is 4.90 Å². The minimum absolute atomic E-state index is 0.0334. The SMILES string of the molecule is CC(C)C[C@@H]([C@H](O)C(F)(F)F)N(Cc1ccccc1)Cc1ccccc1. The van der Waals surface area contributed by atoms with Crippen molar-refractivity contribution in [2.75, 3.05) is 0 Å². The molecule has 0 fully saturated rings. The van der Waals surface area contributed by atoms with Gasteiger partial charge in [0.25, 0.3) is 0 Å². The van der Waals surface area contributed by atoms with Gasteiger partial charge in [0.05, 0.1) is 0 Å². The molecule has 2 atom stereocenters. The molecule has 142 valence electrons. The van der Waals surface area contributed by atoms with Crippen molar-refractivity contribution in [1.29, 1.82) is 0 Å². The zero-order chi connectivity index (χ0) is 19.2. The summed E-state index contributed by atoms with van der Waals surface area (Å²) in [5, 5.41) is 10.1. The number of aliphatic hydroxyl groups excluding tert-OH is 1. The summed E-state index contributed by atoms with van der Waals surface area (Å²) < 4.78 is 39.9. The second-order valence-corrected chi connectivity index (χ2v) is 7.06. The predicted octanol–water partition coefficient (Wildman–Crippen LogP) is 5.03. The smallest absolute Gasteiger partial charge is 0.382 e. The van der Waals surface area contributed by atoms with E-state index in [0.717, 1.165) is 11.1 Å². The largest absolute Gasteiger partial charge is 0.415 e. The van der Waals surface area contributed by atoms with Crippen molar-refractivity contribution in [3.8, 4) is 0 Å². The molecule has 2 aromatic carbocycles. The molecule has 26 heavy (non-hydrogen) atoms. The molecule has 0 radical (unpaired) electrons. The summed E-state index contributed by atoms with van der Waals surface area (Å²) in [5.41, 5.74) is 1.85. The zero-order valence-electron chi connectivity index (χ0n) is 15.2. The van der Waals surface area contributed by atoms with Gasteiger partial charge in [0.2, 0.25) is 0 Å². The minimum atomic E-state index is -4.65. The quantitative estimate of drug-likeness (QED) is 0.709. The number of rotatable bonds is 8. The molecule has 0 aromatic heterocycles. The van der Waals surface area contributed by atoms with Crippen LogP contribution < -0.4 is 0 Å². The van der Waals surface area contributed by atoms with Gasteiger partial charge in [-0.15, -0.1) is 0 Å². The molecule has 2 aromatic rings. The third-order valence-electron chi connectivity index (χ3n) is 4.34. The third-order valence-corrected chi connectivity index (χ3v) is 4.34. The minimum Gasteiger partial charge on any atom is -0.382 e. The fourth-order valence-electron chi connectivity index (χ4n) is 3.11. The number of aliphatic hydroxyl groups is 1. The van der Waals surface area contributed by atoms with E-state index in [1.807, 2.05) is 74.5 Å². The maximum Gasteiger partial charge on any atom is 0.415 e. The highest BCUT2D eigenvalue weighted by Crippen LogP contribution is 2.30. The molecule has 0 saturated heterocycles. The van der Waals surface area contributed by atoms with Gasteiger partial charge in [-0.2, -0.15) is 13.2 Å². The van der Waals surface area contributed by atoms with Gasteiger partial charge in [-0.1, -0.05) is 74.5 Å². The van der Waals surface area contributed by atoms with Gasteiger partial charge in [-0.3, -0.25) is 4.90 Å². The van der Waals surface area contributed by atoms with Gasteiger partial charge in [0, 0.05) is 19.1 Å². The lowest BCUT2D eigenvalue weighted by molar-refractivity contribution is -0.224. The Morgan fingerprint density at radius 1 is 0.846 bits per heavy atom. The maximum atomic E-state index is 13.3. The highest BCUT2D eigenvalue weighted by atomic mass is 19.4.